The molecule has 5 heteroatoms. The van der Waals surface area contributed by atoms with Gasteiger partial charge in [0, 0.05) is 31.4 Å². The van der Waals surface area contributed by atoms with Gasteiger partial charge >= 0.3 is 0 Å². The van der Waals surface area contributed by atoms with E-state index in [9.17, 15) is 4.79 Å². The van der Waals surface area contributed by atoms with Crippen LogP contribution in [0.25, 0.3) is 0 Å². The first-order chi connectivity index (χ1) is 10.6. The Hall–Kier alpha value is -2.61. The zero-order valence-electron chi connectivity index (χ0n) is 12.7. The zero-order valence-corrected chi connectivity index (χ0v) is 12.7. The highest BCUT2D eigenvalue weighted by Crippen LogP contribution is 2.48. The second-order valence-corrected chi connectivity index (χ2v) is 5.64. The molecule has 22 heavy (non-hydrogen) atoms. The third-order valence-corrected chi connectivity index (χ3v) is 4.15. The third kappa shape index (κ3) is 2.60. The summed E-state index contributed by atoms with van der Waals surface area (Å²) in [5.74, 6) is 0.481. The Kier molecular flexibility index (Phi) is 3.68. The Morgan fingerprint density at radius 2 is 2.18 bits per heavy atom. The molecule has 1 saturated carbocycles. The molecule has 2 atom stereocenters. The molecule has 0 bridgehead atoms. The van der Waals surface area contributed by atoms with Crippen LogP contribution in [0.1, 0.15) is 30.4 Å². The second-order valence-electron chi connectivity index (χ2n) is 5.64. The molecule has 112 valence electrons. The Morgan fingerprint density at radius 3 is 2.73 bits per heavy atom. The van der Waals surface area contributed by atoms with Crippen LogP contribution >= 0.6 is 0 Å². The minimum absolute atomic E-state index is 0.0415. The van der Waals surface area contributed by atoms with Crippen LogP contribution in [0.5, 0.6) is 0 Å². The maximum Gasteiger partial charge on any atom is 0.230 e. The number of rotatable bonds is 4. The van der Waals surface area contributed by atoms with Gasteiger partial charge in [-0.05, 0) is 49.1 Å². The summed E-state index contributed by atoms with van der Waals surface area (Å²) in [6.07, 6.45) is 4.71. The minimum atomic E-state index is 0.0415. The van der Waals surface area contributed by atoms with Crippen molar-refractivity contribution in [2.75, 3.05) is 11.4 Å². The molecule has 0 saturated heterocycles. The number of hydrogen-bond donors (Lipinski definition) is 0. The van der Waals surface area contributed by atoms with E-state index < -0.39 is 0 Å². The molecule has 1 heterocycles. The highest BCUT2D eigenvalue weighted by Gasteiger charge is 2.46. The molecule has 1 aliphatic carbocycles. The van der Waals surface area contributed by atoms with Crippen molar-refractivity contribution in [1.29, 1.82) is 5.26 Å². The molecule has 0 aliphatic heterocycles. The normalized spacial score (nSPS) is 19.5. The van der Waals surface area contributed by atoms with E-state index in [1.807, 2.05) is 38.5 Å². The molecule has 0 N–H and O–H groups in total. The summed E-state index contributed by atoms with van der Waals surface area (Å²) in [5.41, 5.74) is 2.59. The lowest BCUT2D eigenvalue weighted by Gasteiger charge is -2.21. The molecule has 1 aliphatic rings. The van der Waals surface area contributed by atoms with Gasteiger partial charge in [-0.3, -0.25) is 9.48 Å². The first kappa shape index (κ1) is 14.3. The number of amides is 1. The lowest BCUT2D eigenvalue weighted by atomic mass is 10.1. The van der Waals surface area contributed by atoms with E-state index in [1.54, 1.807) is 21.7 Å². The molecular formula is C17H18N4O. The molecule has 0 radical (unpaired) electrons. The van der Waals surface area contributed by atoms with Crippen molar-refractivity contribution in [1.82, 2.24) is 9.78 Å². The SMILES string of the molecule is CCN(C(=O)[C@@H]1C[C@H]1c1cnn(C)c1)c1ccc(C#N)cc1. The summed E-state index contributed by atoms with van der Waals surface area (Å²) < 4.78 is 1.77. The fourth-order valence-corrected chi connectivity index (χ4v) is 2.85. The number of nitriles is 1. The van der Waals surface area contributed by atoms with Crippen LogP contribution in [-0.2, 0) is 11.8 Å². The first-order valence-electron chi connectivity index (χ1n) is 7.44. The molecule has 1 fully saturated rings. The zero-order chi connectivity index (χ0) is 15.7. The van der Waals surface area contributed by atoms with Crippen LogP contribution in [0.15, 0.2) is 36.7 Å². The molecule has 2 aromatic rings. The molecule has 5 nitrogen and oxygen atoms in total. The molecular weight excluding hydrogens is 276 g/mol. The largest absolute Gasteiger partial charge is 0.312 e. The van der Waals surface area contributed by atoms with E-state index in [2.05, 4.69) is 11.2 Å². The minimum Gasteiger partial charge on any atom is -0.312 e. The average Bonchev–Trinajstić information content (AvgIpc) is 3.23. The van der Waals surface area contributed by atoms with Crippen molar-refractivity contribution < 1.29 is 4.79 Å². The van der Waals surface area contributed by atoms with Gasteiger partial charge in [-0.1, -0.05) is 0 Å². The van der Waals surface area contributed by atoms with Crippen molar-refractivity contribution in [3.05, 3.63) is 47.8 Å². The molecule has 1 amide bonds. The van der Waals surface area contributed by atoms with E-state index >= 15 is 0 Å². The van der Waals surface area contributed by atoms with Crippen molar-refractivity contribution >= 4 is 11.6 Å². The fraction of sp³-hybridized carbons (Fsp3) is 0.353. The highest BCUT2D eigenvalue weighted by molar-refractivity contribution is 5.97. The maximum absolute atomic E-state index is 12.7. The lowest BCUT2D eigenvalue weighted by Crippen LogP contribution is -2.32. The molecule has 0 unspecified atom stereocenters. The Morgan fingerprint density at radius 1 is 1.45 bits per heavy atom. The van der Waals surface area contributed by atoms with Gasteiger partial charge in [-0.2, -0.15) is 10.4 Å². The van der Waals surface area contributed by atoms with E-state index in [1.165, 1.54) is 0 Å². The summed E-state index contributed by atoms with van der Waals surface area (Å²) in [7, 11) is 1.89. The maximum atomic E-state index is 12.7. The predicted octanol–water partition coefficient (Wildman–Crippen LogP) is 2.45. The van der Waals surface area contributed by atoms with Crippen LogP contribution < -0.4 is 4.90 Å². The molecule has 1 aromatic heterocycles. The smallest absolute Gasteiger partial charge is 0.230 e. The quantitative estimate of drug-likeness (QED) is 0.870. The number of carbonyl (C=O) groups excluding carboxylic acids is 1. The number of nitrogens with zero attached hydrogens (tertiary/aromatic N) is 4. The van der Waals surface area contributed by atoms with E-state index in [0.29, 0.717) is 12.1 Å². The summed E-state index contributed by atoms with van der Waals surface area (Å²) in [6, 6.07) is 9.26. The van der Waals surface area contributed by atoms with Crippen molar-refractivity contribution in [2.45, 2.75) is 19.3 Å². The summed E-state index contributed by atoms with van der Waals surface area (Å²) in [4.78, 5) is 14.5. The number of aryl methyl sites for hydroxylation is 1. The van der Waals surface area contributed by atoms with Gasteiger partial charge in [-0.15, -0.1) is 0 Å². The number of hydrogen-bond acceptors (Lipinski definition) is 3. The average molecular weight is 294 g/mol. The fourth-order valence-electron chi connectivity index (χ4n) is 2.85. The number of anilines is 1. The molecule has 1 aromatic carbocycles. The van der Waals surface area contributed by atoms with Crippen LogP contribution in [0, 0.1) is 17.2 Å². The number of aromatic nitrogens is 2. The van der Waals surface area contributed by atoms with E-state index in [0.717, 1.165) is 17.7 Å². The van der Waals surface area contributed by atoms with Gasteiger partial charge in [0.2, 0.25) is 5.91 Å². The monoisotopic (exact) mass is 294 g/mol. The lowest BCUT2D eigenvalue weighted by molar-refractivity contribution is -0.119. The van der Waals surface area contributed by atoms with Crippen molar-refractivity contribution in [2.24, 2.45) is 13.0 Å². The third-order valence-electron chi connectivity index (χ3n) is 4.15. The summed E-state index contributed by atoms with van der Waals surface area (Å²) in [6.45, 7) is 2.60. The standard InChI is InChI=1S/C17H18N4O/c1-3-21(14-6-4-12(9-18)5-7-14)17(22)16-8-15(16)13-10-19-20(2)11-13/h4-7,10-11,15-16H,3,8H2,1-2H3/t15-,16+/m0/s1. The molecule has 0 spiro atoms. The second kappa shape index (κ2) is 5.64. The van der Waals surface area contributed by atoms with Gasteiger partial charge in [0.05, 0.1) is 17.8 Å². The summed E-state index contributed by atoms with van der Waals surface area (Å²) >= 11 is 0. The van der Waals surface area contributed by atoms with Crippen molar-refractivity contribution in [3.63, 3.8) is 0 Å². The first-order valence-corrected chi connectivity index (χ1v) is 7.44. The van der Waals surface area contributed by atoms with Gasteiger partial charge in [-0.25, -0.2) is 0 Å². The van der Waals surface area contributed by atoms with Crippen LogP contribution in [0.3, 0.4) is 0 Å². The van der Waals surface area contributed by atoms with E-state index in [-0.39, 0.29) is 17.7 Å². The number of carbonyl (C=O) groups is 1. The Bertz CT molecular complexity index is 726. The van der Waals surface area contributed by atoms with Crippen LogP contribution in [0.4, 0.5) is 5.69 Å². The molecule has 3 rings (SSSR count). The van der Waals surface area contributed by atoms with E-state index in [4.69, 9.17) is 5.26 Å². The van der Waals surface area contributed by atoms with Gasteiger partial charge in [0.25, 0.3) is 0 Å². The Labute approximate surface area is 129 Å². The predicted molar refractivity (Wildman–Crippen MR) is 83.2 cm³/mol. The van der Waals surface area contributed by atoms with Gasteiger partial charge in [0.1, 0.15) is 0 Å². The van der Waals surface area contributed by atoms with Crippen LogP contribution in [-0.4, -0.2) is 22.2 Å². The van der Waals surface area contributed by atoms with Gasteiger partial charge < -0.3 is 4.90 Å². The summed E-state index contributed by atoms with van der Waals surface area (Å²) in [5, 5.41) is 13.0. The highest BCUT2D eigenvalue weighted by atomic mass is 16.2. The topological polar surface area (TPSA) is 61.9 Å². The van der Waals surface area contributed by atoms with Crippen molar-refractivity contribution in [3.8, 4) is 6.07 Å². The van der Waals surface area contributed by atoms with Crippen LogP contribution in [0.2, 0.25) is 0 Å². The van der Waals surface area contributed by atoms with Gasteiger partial charge in [0.15, 0.2) is 0 Å². The number of benzene rings is 1. The Balaban J connectivity index is 1.74.